The molecule has 0 bridgehead atoms. The predicted molar refractivity (Wildman–Crippen MR) is 112 cm³/mol. The van der Waals surface area contributed by atoms with Crippen LogP contribution in [0.1, 0.15) is 47.8 Å². The molecular formula is C22H13Cl3O4. The first-order valence-electron chi connectivity index (χ1n) is 8.37. The van der Waals surface area contributed by atoms with Crippen molar-refractivity contribution in [3.63, 3.8) is 0 Å². The fourth-order valence-corrected chi connectivity index (χ4v) is 3.06. The molecular weight excluding hydrogens is 435 g/mol. The van der Waals surface area contributed by atoms with Crippen molar-refractivity contribution in [2.45, 2.75) is 3.79 Å². The lowest BCUT2D eigenvalue weighted by Gasteiger charge is -2.12. The van der Waals surface area contributed by atoms with Crippen LogP contribution < -0.4 is 0 Å². The molecule has 1 N–H and O–H groups in total. The summed E-state index contributed by atoms with van der Waals surface area (Å²) in [4.78, 5) is 36.2. The third-order valence-corrected chi connectivity index (χ3v) is 4.91. The Morgan fingerprint density at radius 1 is 0.621 bits per heavy atom. The Hall–Kier alpha value is -2.66. The topological polar surface area (TPSA) is 71.4 Å². The predicted octanol–water partition coefficient (Wildman–Crippen LogP) is 5.67. The van der Waals surface area contributed by atoms with Crippen LogP contribution in [-0.4, -0.2) is 22.6 Å². The second-order valence-corrected chi connectivity index (χ2v) is 8.48. The van der Waals surface area contributed by atoms with E-state index in [9.17, 15) is 14.4 Å². The van der Waals surface area contributed by atoms with Crippen LogP contribution in [0.3, 0.4) is 0 Å². The molecule has 0 radical (unpaired) electrons. The van der Waals surface area contributed by atoms with Crippen LogP contribution >= 0.6 is 34.8 Å². The number of carbonyl (C=O) groups excluding carboxylic acids is 2. The number of carboxylic acids is 1. The number of rotatable bonds is 5. The molecule has 0 saturated heterocycles. The molecule has 0 aliphatic rings. The van der Waals surface area contributed by atoms with Gasteiger partial charge in [-0.25, -0.2) is 4.79 Å². The second kappa shape index (κ2) is 8.37. The lowest BCUT2D eigenvalue weighted by molar-refractivity contribution is 0.0696. The van der Waals surface area contributed by atoms with E-state index in [-0.39, 0.29) is 17.1 Å². The minimum absolute atomic E-state index is 0.0968. The van der Waals surface area contributed by atoms with Crippen molar-refractivity contribution in [1.29, 1.82) is 0 Å². The number of carbonyl (C=O) groups is 3. The van der Waals surface area contributed by atoms with Crippen LogP contribution in [0.15, 0.2) is 72.8 Å². The maximum absolute atomic E-state index is 12.7. The van der Waals surface area contributed by atoms with Crippen LogP contribution in [0.4, 0.5) is 0 Å². The number of halogens is 3. The van der Waals surface area contributed by atoms with Gasteiger partial charge in [-0.3, -0.25) is 9.59 Å². The SMILES string of the molecule is O=C(O)c1ccc(C(=O)c2ccc(C(=O)c3cccc(C(Cl)(Cl)Cl)c3)cc2)cc1. The molecule has 7 heteroatoms. The average Bonchev–Trinajstić information content (AvgIpc) is 2.72. The number of aromatic carboxylic acids is 1. The fraction of sp³-hybridized carbons (Fsp3) is 0.0455. The number of ketones is 2. The lowest BCUT2D eigenvalue weighted by Crippen LogP contribution is -2.07. The van der Waals surface area contributed by atoms with Crippen LogP contribution in [-0.2, 0) is 3.79 Å². The van der Waals surface area contributed by atoms with Gasteiger partial charge in [-0.1, -0.05) is 89.4 Å². The summed E-state index contributed by atoms with van der Waals surface area (Å²) in [5.41, 5.74) is 1.94. The fourth-order valence-electron chi connectivity index (χ4n) is 2.71. The second-order valence-electron chi connectivity index (χ2n) is 6.20. The Morgan fingerprint density at radius 3 is 1.45 bits per heavy atom. The van der Waals surface area contributed by atoms with Crippen molar-refractivity contribution in [1.82, 2.24) is 0 Å². The van der Waals surface area contributed by atoms with Gasteiger partial charge >= 0.3 is 5.97 Å². The molecule has 3 rings (SSSR count). The van der Waals surface area contributed by atoms with E-state index < -0.39 is 9.76 Å². The minimum atomic E-state index is -1.64. The summed E-state index contributed by atoms with van der Waals surface area (Å²) >= 11 is 17.6. The van der Waals surface area contributed by atoms with Crippen molar-refractivity contribution in [2.24, 2.45) is 0 Å². The number of benzene rings is 3. The molecule has 3 aromatic rings. The van der Waals surface area contributed by atoms with E-state index in [1.807, 2.05) is 0 Å². The zero-order chi connectivity index (χ0) is 21.2. The van der Waals surface area contributed by atoms with Crippen LogP contribution in [0, 0.1) is 0 Å². The Kier molecular flexibility index (Phi) is 6.08. The Morgan fingerprint density at radius 2 is 1.03 bits per heavy atom. The highest BCUT2D eigenvalue weighted by molar-refractivity contribution is 6.66. The van der Waals surface area contributed by atoms with Crippen molar-refractivity contribution in [3.8, 4) is 0 Å². The third kappa shape index (κ3) is 4.85. The molecule has 0 spiro atoms. The Labute approximate surface area is 181 Å². The third-order valence-electron chi connectivity index (χ3n) is 4.26. The zero-order valence-corrected chi connectivity index (χ0v) is 17.0. The Bertz CT molecular complexity index is 1080. The first-order valence-corrected chi connectivity index (χ1v) is 9.50. The molecule has 0 atom stereocenters. The highest BCUT2D eigenvalue weighted by Gasteiger charge is 2.24. The quantitative estimate of drug-likeness (QED) is 0.404. The summed E-state index contributed by atoms with van der Waals surface area (Å²) in [5.74, 6) is -1.62. The van der Waals surface area contributed by atoms with Gasteiger partial charge in [0.2, 0.25) is 3.79 Å². The number of hydrogen-bond donors (Lipinski definition) is 1. The van der Waals surface area contributed by atoms with E-state index >= 15 is 0 Å². The zero-order valence-electron chi connectivity index (χ0n) is 14.7. The van der Waals surface area contributed by atoms with E-state index in [1.165, 1.54) is 30.3 Å². The van der Waals surface area contributed by atoms with Gasteiger partial charge in [0, 0.05) is 27.8 Å². The normalized spacial score (nSPS) is 11.1. The first-order chi connectivity index (χ1) is 13.7. The molecule has 0 saturated carbocycles. The van der Waals surface area contributed by atoms with Crippen molar-refractivity contribution in [3.05, 3.63) is 106 Å². The maximum Gasteiger partial charge on any atom is 0.335 e. The average molecular weight is 448 g/mol. The van der Waals surface area contributed by atoms with E-state index in [4.69, 9.17) is 39.9 Å². The number of hydrogen-bond acceptors (Lipinski definition) is 3. The largest absolute Gasteiger partial charge is 0.478 e. The molecule has 29 heavy (non-hydrogen) atoms. The summed E-state index contributed by atoms with van der Waals surface area (Å²) in [6, 6.07) is 18.2. The molecule has 0 aromatic heterocycles. The molecule has 0 fully saturated rings. The first kappa shape index (κ1) is 21.1. The molecule has 0 heterocycles. The molecule has 4 nitrogen and oxygen atoms in total. The number of alkyl halides is 3. The van der Waals surface area contributed by atoms with Gasteiger partial charge in [-0.05, 0) is 18.2 Å². The van der Waals surface area contributed by atoms with Crippen LogP contribution in [0.2, 0.25) is 0 Å². The molecule has 146 valence electrons. The molecule has 0 unspecified atom stereocenters. The van der Waals surface area contributed by atoms with Crippen molar-refractivity contribution in [2.75, 3.05) is 0 Å². The molecule has 0 aliphatic carbocycles. The standard InChI is InChI=1S/C22H13Cl3O4/c23-22(24,25)18-3-1-2-17(12-18)20(27)15-6-4-13(5-7-15)19(26)14-8-10-16(11-9-14)21(28)29/h1-12H,(H,28,29). The van der Waals surface area contributed by atoms with Gasteiger partial charge in [0.05, 0.1) is 5.56 Å². The number of carboxylic acid groups (broad SMARTS) is 1. The molecule has 0 aliphatic heterocycles. The summed E-state index contributed by atoms with van der Waals surface area (Å²) < 4.78 is -1.64. The van der Waals surface area contributed by atoms with E-state index in [0.717, 1.165) is 0 Å². The lowest BCUT2D eigenvalue weighted by atomic mass is 9.97. The van der Waals surface area contributed by atoms with Crippen molar-refractivity contribution >= 4 is 52.3 Å². The Balaban J connectivity index is 1.82. The van der Waals surface area contributed by atoms with Crippen molar-refractivity contribution < 1.29 is 19.5 Å². The smallest absolute Gasteiger partial charge is 0.335 e. The van der Waals surface area contributed by atoms with E-state index in [0.29, 0.717) is 27.8 Å². The monoisotopic (exact) mass is 446 g/mol. The highest BCUT2D eigenvalue weighted by Crippen LogP contribution is 2.38. The van der Waals surface area contributed by atoms with Gasteiger partial charge in [-0.15, -0.1) is 0 Å². The summed E-state index contributed by atoms with van der Waals surface area (Å²) in [7, 11) is 0. The summed E-state index contributed by atoms with van der Waals surface area (Å²) in [6.45, 7) is 0. The van der Waals surface area contributed by atoms with Crippen LogP contribution in [0.25, 0.3) is 0 Å². The minimum Gasteiger partial charge on any atom is -0.478 e. The maximum atomic E-state index is 12.7. The van der Waals surface area contributed by atoms with Gasteiger partial charge in [0.1, 0.15) is 0 Å². The van der Waals surface area contributed by atoms with Gasteiger partial charge < -0.3 is 5.11 Å². The van der Waals surface area contributed by atoms with Gasteiger partial charge in [0.25, 0.3) is 0 Å². The summed E-state index contributed by atoms with van der Waals surface area (Å²) in [5, 5.41) is 8.93. The van der Waals surface area contributed by atoms with E-state index in [2.05, 4.69) is 0 Å². The van der Waals surface area contributed by atoms with E-state index in [1.54, 1.807) is 42.5 Å². The van der Waals surface area contributed by atoms with Gasteiger partial charge in [0.15, 0.2) is 11.6 Å². The molecule has 3 aromatic carbocycles. The molecule has 0 amide bonds. The van der Waals surface area contributed by atoms with Gasteiger partial charge in [-0.2, -0.15) is 0 Å². The summed E-state index contributed by atoms with van der Waals surface area (Å²) in [6.07, 6.45) is 0. The highest BCUT2D eigenvalue weighted by atomic mass is 35.6. The van der Waals surface area contributed by atoms with Crippen LogP contribution in [0.5, 0.6) is 0 Å².